The molecule has 0 spiro atoms. The SMILES string of the molecule is CSCC[C@@H]1NC(=O)C[C@@H](c2ccccc2)NC(=O)[C@H](C)NC(=O)[C@@H]2C[C@H](NC(=O)c3cc4sccc4[nH]3)CN2C(=O)[C@H](C(C)C)NC1=O. The number of H-pyrrole nitrogens is 1. The maximum absolute atomic E-state index is 14.2. The van der Waals surface area contributed by atoms with E-state index in [2.05, 4.69) is 31.6 Å². The van der Waals surface area contributed by atoms with Crippen molar-refractivity contribution in [3.8, 4) is 0 Å². The van der Waals surface area contributed by atoms with Gasteiger partial charge in [0, 0.05) is 12.6 Å². The maximum Gasteiger partial charge on any atom is 0.268 e. The summed E-state index contributed by atoms with van der Waals surface area (Å²) in [4.78, 5) is 86.3. The number of hydrogen-bond acceptors (Lipinski definition) is 8. The van der Waals surface area contributed by atoms with Crippen molar-refractivity contribution in [2.45, 2.75) is 76.3 Å². The van der Waals surface area contributed by atoms with Crippen molar-refractivity contribution in [3.05, 3.63) is 59.1 Å². The molecule has 2 aromatic heterocycles. The second kappa shape index (κ2) is 15.9. The van der Waals surface area contributed by atoms with Gasteiger partial charge in [0.15, 0.2) is 0 Å². The van der Waals surface area contributed by atoms with E-state index in [0.717, 1.165) is 10.2 Å². The van der Waals surface area contributed by atoms with Gasteiger partial charge in [-0.1, -0.05) is 44.2 Å². The first kappa shape index (κ1) is 35.9. The number of rotatable bonds is 7. The molecule has 0 bridgehead atoms. The van der Waals surface area contributed by atoms with Crippen molar-refractivity contribution >= 4 is 68.8 Å². The lowest BCUT2D eigenvalue weighted by Gasteiger charge is -2.32. The molecule has 6 N–H and O–H groups in total. The lowest BCUT2D eigenvalue weighted by molar-refractivity contribution is -0.143. The van der Waals surface area contributed by atoms with Crippen LogP contribution in [0.2, 0.25) is 0 Å². The fourth-order valence-corrected chi connectivity index (χ4v) is 7.42. The predicted molar refractivity (Wildman–Crippen MR) is 189 cm³/mol. The van der Waals surface area contributed by atoms with Gasteiger partial charge in [-0.15, -0.1) is 11.3 Å². The summed E-state index contributed by atoms with van der Waals surface area (Å²) in [5, 5.41) is 16.2. The highest BCUT2D eigenvalue weighted by molar-refractivity contribution is 7.98. The van der Waals surface area contributed by atoms with Gasteiger partial charge in [0.25, 0.3) is 5.91 Å². The molecule has 6 amide bonds. The number of thiophene rings is 1. The molecule has 13 nitrogen and oxygen atoms in total. The Labute approximate surface area is 293 Å². The molecule has 6 atom stereocenters. The molecule has 0 unspecified atom stereocenters. The van der Waals surface area contributed by atoms with Crippen LogP contribution in [0.4, 0.5) is 0 Å². The first-order valence-corrected chi connectivity index (χ1v) is 18.6. The van der Waals surface area contributed by atoms with Crippen LogP contribution in [-0.4, -0.2) is 94.1 Å². The zero-order valence-corrected chi connectivity index (χ0v) is 29.5. The summed E-state index contributed by atoms with van der Waals surface area (Å²) in [5.74, 6) is -2.73. The minimum atomic E-state index is -1.02. The van der Waals surface area contributed by atoms with E-state index < -0.39 is 65.8 Å². The number of carbonyl (C=O) groups excluding carboxylic acids is 6. The monoisotopic (exact) mass is 709 g/mol. The third-order valence-electron chi connectivity index (χ3n) is 8.86. The highest BCUT2D eigenvalue weighted by atomic mass is 32.2. The second-order valence-electron chi connectivity index (χ2n) is 12.8. The van der Waals surface area contributed by atoms with E-state index in [1.807, 2.05) is 23.8 Å². The molecule has 1 aromatic carbocycles. The summed E-state index contributed by atoms with van der Waals surface area (Å²) in [6.45, 7) is 5.12. The van der Waals surface area contributed by atoms with E-state index in [0.29, 0.717) is 23.4 Å². The van der Waals surface area contributed by atoms with Crippen LogP contribution in [0, 0.1) is 5.92 Å². The molecule has 2 fully saturated rings. The predicted octanol–water partition coefficient (Wildman–Crippen LogP) is 2.07. The van der Waals surface area contributed by atoms with Crippen LogP contribution in [0.15, 0.2) is 47.8 Å². The topological polar surface area (TPSA) is 182 Å². The summed E-state index contributed by atoms with van der Waals surface area (Å²) in [6, 6.07) is 7.31. The van der Waals surface area contributed by atoms with Crippen molar-refractivity contribution in [1.29, 1.82) is 0 Å². The van der Waals surface area contributed by atoms with Gasteiger partial charge in [-0.2, -0.15) is 11.8 Å². The van der Waals surface area contributed by atoms with Crippen LogP contribution in [-0.2, 0) is 24.0 Å². The second-order valence-corrected chi connectivity index (χ2v) is 14.8. The van der Waals surface area contributed by atoms with Crippen molar-refractivity contribution in [2.75, 3.05) is 18.6 Å². The Hall–Kier alpha value is -4.37. The maximum atomic E-state index is 14.2. The van der Waals surface area contributed by atoms with Gasteiger partial charge in [0.05, 0.1) is 22.7 Å². The third-order valence-corrected chi connectivity index (χ3v) is 10.4. The van der Waals surface area contributed by atoms with Crippen LogP contribution < -0.4 is 26.6 Å². The number of aromatic nitrogens is 1. The smallest absolute Gasteiger partial charge is 0.268 e. The van der Waals surface area contributed by atoms with Crippen LogP contribution in [0.25, 0.3) is 10.2 Å². The lowest BCUT2D eigenvalue weighted by Crippen LogP contribution is -2.59. The zero-order chi connectivity index (χ0) is 35.2. The van der Waals surface area contributed by atoms with E-state index in [9.17, 15) is 28.8 Å². The molecule has 4 heterocycles. The fourth-order valence-electron chi connectivity index (χ4n) is 6.17. The van der Waals surface area contributed by atoms with Gasteiger partial charge >= 0.3 is 0 Å². The fraction of sp³-hybridized carbons (Fsp3) is 0.471. The molecule has 0 saturated carbocycles. The molecule has 5 rings (SSSR count). The van der Waals surface area contributed by atoms with Gasteiger partial charge in [0.1, 0.15) is 29.9 Å². The average molecular weight is 710 g/mol. The van der Waals surface area contributed by atoms with Gasteiger partial charge in [-0.25, -0.2) is 0 Å². The number of aromatic amines is 1. The van der Waals surface area contributed by atoms with E-state index in [-0.39, 0.29) is 31.2 Å². The minimum Gasteiger partial charge on any atom is -0.350 e. The molecule has 3 aromatic rings. The largest absolute Gasteiger partial charge is 0.350 e. The van der Waals surface area contributed by atoms with Crippen molar-refractivity contribution in [2.24, 2.45) is 5.92 Å². The Balaban J connectivity index is 1.44. The normalized spacial score (nSPS) is 25.8. The number of fused-ring (bicyclic) bond motifs is 2. The number of thioether (sulfide) groups is 1. The number of benzene rings is 1. The number of amides is 6. The quantitative estimate of drug-likeness (QED) is 0.217. The lowest BCUT2D eigenvalue weighted by atomic mass is 10.0. The number of nitrogens with zero attached hydrogens (tertiary/aromatic N) is 1. The van der Waals surface area contributed by atoms with Crippen molar-refractivity contribution in [3.63, 3.8) is 0 Å². The Morgan fingerprint density at radius 3 is 2.45 bits per heavy atom. The zero-order valence-electron chi connectivity index (χ0n) is 27.9. The third kappa shape index (κ3) is 8.63. The van der Waals surface area contributed by atoms with Gasteiger partial charge in [-0.05, 0) is 60.8 Å². The first-order chi connectivity index (χ1) is 23.4. The Kier molecular flexibility index (Phi) is 11.7. The summed E-state index contributed by atoms with van der Waals surface area (Å²) in [6.07, 6.45) is 2.16. The van der Waals surface area contributed by atoms with E-state index in [1.54, 1.807) is 44.2 Å². The summed E-state index contributed by atoms with van der Waals surface area (Å²) >= 11 is 3.02. The molecule has 262 valence electrons. The summed E-state index contributed by atoms with van der Waals surface area (Å²) < 4.78 is 0.930. The van der Waals surface area contributed by atoms with Gasteiger partial charge in [-0.3, -0.25) is 28.8 Å². The van der Waals surface area contributed by atoms with Crippen LogP contribution >= 0.6 is 23.1 Å². The summed E-state index contributed by atoms with van der Waals surface area (Å²) in [5.41, 5.74) is 1.88. The highest BCUT2D eigenvalue weighted by Crippen LogP contribution is 2.25. The Morgan fingerprint density at radius 2 is 1.76 bits per heavy atom. The van der Waals surface area contributed by atoms with Crippen LogP contribution in [0.3, 0.4) is 0 Å². The molecule has 15 heteroatoms. The molecule has 2 aliphatic heterocycles. The Morgan fingerprint density at radius 1 is 1.00 bits per heavy atom. The molecular formula is C34H43N7O6S2. The standard InChI is InChI=1S/C34H43N7O6S2/c1-18(2)29-34(47)41-17-21(36-32(45)25-15-27-22(37-25)11-13-49-27)14-26(41)33(46)35-19(3)30(43)39-24(20-8-6-5-7-9-20)16-28(42)38-23(10-12-48-4)31(44)40-29/h5-9,11,13,15,18-19,21,23-24,26,29,37H,10,12,14,16-17H2,1-4H3,(H,35,46)(H,36,45)(H,38,42)(H,39,43)(H,40,44)/t19-,21-,23-,24-,26-,29-/m0/s1. The Bertz CT molecular complexity index is 1660. The number of hydrogen-bond donors (Lipinski definition) is 6. The van der Waals surface area contributed by atoms with Crippen LogP contribution in [0.1, 0.15) is 62.1 Å². The number of carbonyl (C=O) groups is 6. The van der Waals surface area contributed by atoms with Gasteiger partial charge < -0.3 is 36.5 Å². The molecule has 0 radical (unpaired) electrons. The molecule has 2 aliphatic rings. The molecule has 49 heavy (non-hydrogen) atoms. The molecule has 0 aliphatic carbocycles. The van der Waals surface area contributed by atoms with E-state index >= 15 is 0 Å². The minimum absolute atomic E-state index is 0.0140. The molecule has 2 saturated heterocycles. The highest BCUT2D eigenvalue weighted by Gasteiger charge is 2.44. The number of nitrogens with one attached hydrogen (secondary N) is 6. The molecular weight excluding hydrogens is 667 g/mol. The van der Waals surface area contributed by atoms with E-state index in [1.165, 1.54) is 34.9 Å². The van der Waals surface area contributed by atoms with Crippen molar-refractivity contribution < 1.29 is 28.8 Å². The van der Waals surface area contributed by atoms with E-state index in [4.69, 9.17) is 0 Å². The average Bonchev–Trinajstić information content (AvgIpc) is 3.80. The van der Waals surface area contributed by atoms with Gasteiger partial charge in [0.2, 0.25) is 29.5 Å². The summed E-state index contributed by atoms with van der Waals surface area (Å²) in [7, 11) is 0. The van der Waals surface area contributed by atoms with Crippen LogP contribution in [0.5, 0.6) is 0 Å². The van der Waals surface area contributed by atoms with Crippen molar-refractivity contribution in [1.82, 2.24) is 36.5 Å². The first-order valence-electron chi connectivity index (χ1n) is 16.4.